The van der Waals surface area contributed by atoms with E-state index in [1.54, 1.807) is 0 Å². The highest BCUT2D eigenvalue weighted by atomic mass is 32.1. The van der Waals surface area contributed by atoms with Crippen molar-refractivity contribution in [2.45, 2.75) is 26.7 Å². The highest BCUT2D eigenvalue weighted by Crippen LogP contribution is 2.21. The molecule has 8 heteroatoms. The average molecular weight is 336 g/mol. The Labute approximate surface area is 138 Å². The van der Waals surface area contributed by atoms with Crippen molar-refractivity contribution in [3.05, 3.63) is 23.4 Å². The fraction of sp³-hybridized carbons (Fsp3) is 0.467. The third-order valence-electron chi connectivity index (χ3n) is 3.21. The van der Waals surface area contributed by atoms with Crippen molar-refractivity contribution in [1.82, 2.24) is 20.4 Å². The second-order valence-corrected chi connectivity index (χ2v) is 5.80. The molecule has 0 aliphatic rings. The van der Waals surface area contributed by atoms with E-state index >= 15 is 0 Å². The molecule has 0 aliphatic carbocycles. The van der Waals surface area contributed by atoms with Crippen LogP contribution in [0.3, 0.4) is 0 Å². The van der Waals surface area contributed by atoms with Gasteiger partial charge in [-0.05, 0) is 25.3 Å². The Morgan fingerprint density at radius 2 is 2.22 bits per heavy atom. The van der Waals surface area contributed by atoms with Crippen LogP contribution >= 0.6 is 11.3 Å². The van der Waals surface area contributed by atoms with Crippen molar-refractivity contribution in [3.8, 4) is 10.7 Å². The molecule has 0 bridgehead atoms. The summed E-state index contributed by atoms with van der Waals surface area (Å²) in [7, 11) is 0. The van der Waals surface area contributed by atoms with Gasteiger partial charge in [0, 0.05) is 25.9 Å². The van der Waals surface area contributed by atoms with Gasteiger partial charge in [0.25, 0.3) is 0 Å². The van der Waals surface area contributed by atoms with E-state index in [9.17, 15) is 9.59 Å². The standard InChI is InChI=1S/C15H20N4O3S/c1-3-16-12(20)10-19(4-2)14(21)8-7-13-17-15(18-22-13)11-6-5-9-23-11/h5-6,9H,3-4,7-8,10H2,1-2H3,(H,16,20). The third-order valence-corrected chi connectivity index (χ3v) is 4.07. The van der Waals surface area contributed by atoms with Crippen LogP contribution in [0.15, 0.2) is 22.0 Å². The molecular formula is C15H20N4O3S. The van der Waals surface area contributed by atoms with Gasteiger partial charge < -0.3 is 14.7 Å². The lowest BCUT2D eigenvalue weighted by atomic mass is 10.2. The Hall–Kier alpha value is -2.22. The van der Waals surface area contributed by atoms with Crippen molar-refractivity contribution in [2.24, 2.45) is 0 Å². The van der Waals surface area contributed by atoms with Crippen molar-refractivity contribution in [3.63, 3.8) is 0 Å². The van der Waals surface area contributed by atoms with Crippen LogP contribution in [0.5, 0.6) is 0 Å². The van der Waals surface area contributed by atoms with Gasteiger partial charge >= 0.3 is 0 Å². The maximum absolute atomic E-state index is 12.2. The van der Waals surface area contributed by atoms with E-state index in [2.05, 4.69) is 15.5 Å². The largest absolute Gasteiger partial charge is 0.355 e. The molecule has 2 aromatic rings. The lowest BCUT2D eigenvalue weighted by Crippen LogP contribution is -2.40. The zero-order valence-corrected chi connectivity index (χ0v) is 14.1. The van der Waals surface area contributed by atoms with Crippen molar-refractivity contribution in [1.29, 1.82) is 0 Å². The van der Waals surface area contributed by atoms with Crippen LogP contribution in [0.25, 0.3) is 10.7 Å². The van der Waals surface area contributed by atoms with E-state index in [0.29, 0.717) is 31.2 Å². The van der Waals surface area contributed by atoms with Crippen LogP contribution in [-0.2, 0) is 16.0 Å². The number of carbonyl (C=O) groups excluding carboxylic acids is 2. The molecule has 0 aliphatic heterocycles. The summed E-state index contributed by atoms with van der Waals surface area (Å²) in [4.78, 5) is 30.5. The number of hydrogen-bond donors (Lipinski definition) is 1. The zero-order valence-electron chi connectivity index (χ0n) is 13.2. The first-order valence-electron chi connectivity index (χ1n) is 7.55. The molecule has 2 rings (SSSR count). The number of likely N-dealkylation sites (N-methyl/N-ethyl adjacent to an activating group) is 2. The number of amides is 2. The van der Waals surface area contributed by atoms with Gasteiger partial charge in [-0.3, -0.25) is 9.59 Å². The molecule has 0 saturated carbocycles. The predicted octanol–water partition coefficient (Wildman–Crippen LogP) is 1.72. The second-order valence-electron chi connectivity index (χ2n) is 4.85. The topological polar surface area (TPSA) is 88.3 Å². The average Bonchev–Trinajstić information content (AvgIpc) is 3.21. The number of hydrogen-bond acceptors (Lipinski definition) is 6. The Kier molecular flexibility index (Phi) is 6.28. The fourth-order valence-corrected chi connectivity index (χ4v) is 2.69. The molecule has 0 saturated heterocycles. The second kappa shape index (κ2) is 8.42. The molecule has 2 aromatic heterocycles. The first kappa shape index (κ1) is 17.1. The first-order chi connectivity index (χ1) is 11.1. The van der Waals surface area contributed by atoms with E-state index in [4.69, 9.17) is 4.52 Å². The Balaban J connectivity index is 1.86. The summed E-state index contributed by atoms with van der Waals surface area (Å²) in [5, 5.41) is 8.53. The fourth-order valence-electron chi connectivity index (χ4n) is 2.04. The molecule has 1 N–H and O–H groups in total. The number of nitrogens with one attached hydrogen (secondary N) is 1. The van der Waals surface area contributed by atoms with Gasteiger partial charge in [-0.15, -0.1) is 11.3 Å². The Bertz CT molecular complexity index is 639. The van der Waals surface area contributed by atoms with E-state index < -0.39 is 0 Å². The number of rotatable bonds is 8. The first-order valence-corrected chi connectivity index (χ1v) is 8.43. The van der Waals surface area contributed by atoms with Crippen LogP contribution < -0.4 is 5.32 Å². The molecule has 124 valence electrons. The van der Waals surface area contributed by atoms with E-state index in [-0.39, 0.29) is 24.8 Å². The highest BCUT2D eigenvalue weighted by Gasteiger charge is 2.17. The quantitative estimate of drug-likeness (QED) is 0.793. The van der Waals surface area contributed by atoms with Crippen molar-refractivity contribution >= 4 is 23.2 Å². The SMILES string of the molecule is CCNC(=O)CN(CC)C(=O)CCc1nc(-c2cccs2)no1. The number of nitrogens with zero attached hydrogens (tertiary/aromatic N) is 3. The maximum atomic E-state index is 12.2. The summed E-state index contributed by atoms with van der Waals surface area (Å²) in [5.41, 5.74) is 0. The van der Waals surface area contributed by atoms with Crippen molar-refractivity contribution < 1.29 is 14.1 Å². The summed E-state index contributed by atoms with van der Waals surface area (Å²) in [5.74, 6) is 0.711. The van der Waals surface area contributed by atoms with Crippen LogP contribution in [0.1, 0.15) is 26.2 Å². The molecule has 23 heavy (non-hydrogen) atoms. The summed E-state index contributed by atoms with van der Waals surface area (Å²) in [6.07, 6.45) is 0.600. The third kappa shape index (κ3) is 4.88. The number of thiophene rings is 1. The minimum atomic E-state index is -0.152. The maximum Gasteiger partial charge on any atom is 0.239 e. The van der Waals surface area contributed by atoms with Gasteiger partial charge in [0.05, 0.1) is 11.4 Å². The number of carbonyl (C=O) groups is 2. The molecule has 0 fully saturated rings. The monoisotopic (exact) mass is 336 g/mol. The molecular weight excluding hydrogens is 316 g/mol. The van der Waals surface area contributed by atoms with Gasteiger partial charge in [-0.25, -0.2) is 0 Å². The molecule has 0 atom stereocenters. The highest BCUT2D eigenvalue weighted by molar-refractivity contribution is 7.13. The summed E-state index contributed by atoms with van der Waals surface area (Å²) in [6.45, 7) is 4.81. The summed E-state index contributed by atoms with van der Waals surface area (Å²) >= 11 is 1.53. The van der Waals surface area contributed by atoms with Crippen LogP contribution in [0.4, 0.5) is 0 Å². The number of aromatic nitrogens is 2. The lowest BCUT2D eigenvalue weighted by molar-refractivity contribution is -0.135. The molecule has 0 aromatic carbocycles. The van der Waals surface area contributed by atoms with Gasteiger partial charge in [-0.2, -0.15) is 4.98 Å². The lowest BCUT2D eigenvalue weighted by Gasteiger charge is -2.19. The molecule has 2 amide bonds. The summed E-state index contributed by atoms with van der Waals surface area (Å²) < 4.78 is 5.17. The van der Waals surface area contributed by atoms with Gasteiger partial charge in [0.15, 0.2) is 0 Å². The van der Waals surface area contributed by atoms with Gasteiger partial charge in [0.1, 0.15) is 0 Å². The van der Waals surface area contributed by atoms with Gasteiger partial charge in [0.2, 0.25) is 23.5 Å². The minimum Gasteiger partial charge on any atom is -0.355 e. The van der Waals surface area contributed by atoms with Crippen molar-refractivity contribution in [2.75, 3.05) is 19.6 Å². The zero-order chi connectivity index (χ0) is 16.7. The van der Waals surface area contributed by atoms with Crippen LogP contribution in [-0.4, -0.2) is 46.5 Å². The van der Waals surface area contributed by atoms with E-state index in [0.717, 1.165) is 4.88 Å². The number of aryl methyl sites for hydroxylation is 1. The normalized spacial score (nSPS) is 10.5. The molecule has 0 spiro atoms. The van der Waals surface area contributed by atoms with Gasteiger partial charge in [-0.1, -0.05) is 11.2 Å². The summed E-state index contributed by atoms with van der Waals surface area (Å²) in [6, 6.07) is 3.83. The molecule has 0 unspecified atom stereocenters. The van der Waals surface area contributed by atoms with Crippen LogP contribution in [0.2, 0.25) is 0 Å². The van der Waals surface area contributed by atoms with Crippen LogP contribution in [0, 0.1) is 0 Å². The Morgan fingerprint density at radius 3 is 2.87 bits per heavy atom. The predicted molar refractivity (Wildman–Crippen MR) is 86.9 cm³/mol. The minimum absolute atomic E-state index is 0.0768. The molecule has 7 nitrogen and oxygen atoms in total. The van der Waals surface area contributed by atoms with E-state index in [1.807, 2.05) is 31.4 Å². The smallest absolute Gasteiger partial charge is 0.239 e. The molecule has 2 heterocycles. The molecule has 0 radical (unpaired) electrons. The Morgan fingerprint density at radius 1 is 1.39 bits per heavy atom. The van der Waals surface area contributed by atoms with E-state index in [1.165, 1.54) is 16.2 Å².